The van der Waals surface area contributed by atoms with Crippen molar-refractivity contribution in [3.63, 3.8) is 0 Å². The second kappa shape index (κ2) is 5.93. The van der Waals surface area contributed by atoms with Crippen LogP contribution < -0.4 is 9.46 Å². The van der Waals surface area contributed by atoms with Gasteiger partial charge in [0.1, 0.15) is 5.75 Å². The second-order valence-electron chi connectivity index (χ2n) is 5.87. The lowest BCUT2D eigenvalue weighted by molar-refractivity contribution is 0.415. The van der Waals surface area contributed by atoms with Crippen LogP contribution in [0.4, 0.5) is 0 Å². The Labute approximate surface area is 131 Å². The molecule has 0 saturated heterocycles. The predicted octanol–water partition coefficient (Wildman–Crippen LogP) is 2.36. The highest BCUT2D eigenvalue weighted by atomic mass is 32.2. The van der Waals surface area contributed by atoms with Crippen LogP contribution in [0.25, 0.3) is 10.9 Å². The summed E-state index contributed by atoms with van der Waals surface area (Å²) in [5.74, 6) is 1.01. The van der Waals surface area contributed by atoms with E-state index in [2.05, 4.69) is 9.71 Å². The molecule has 2 N–H and O–H groups in total. The lowest BCUT2D eigenvalue weighted by Gasteiger charge is -2.23. The zero-order valence-electron chi connectivity index (χ0n) is 13.0. The second-order valence-corrected chi connectivity index (χ2v) is 7.74. The van der Waals surface area contributed by atoms with E-state index in [1.54, 1.807) is 7.11 Å². The van der Waals surface area contributed by atoms with Gasteiger partial charge in [-0.25, -0.2) is 13.1 Å². The van der Waals surface area contributed by atoms with Gasteiger partial charge < -0.3 is 9.72 Å². The highest BCUT2D eigenvalue weighted by molar-refractivity contribution is 7.89. The van der Waals surface area contributed by atoms with Crippen LogP contribution in [0.1, 0.15) is 31.0 Å². The zero-order valence-corrected chi connectivity index (χ0v) is 13.8. The summed E-state index contributed by atoms with van der Waals surface area (Å²) in [5, 5.41) is 1.13. The molecule has 2 aromatic rings. The number of benzene rings is 1. The van der Waals surface area contributed by atoms with E-state index in [0.717, 1.165) is 35.9 Å². The van der Waals surface area contributed by atoms with Crippen molar-refractivity contribution in [2.45, 2.75) is 38.6 Å². The van der Waals surface area contributed by atoms with Crippen LogP contribution in [-0.2, 0) is 22.9 Å². The first kappa shape index (κ1) is 15.4. The lowest BCUT2D eigenvalue weighted by Crippen LogP contribution is -2.39. The molecule has 0 aliphatic heterocycles. The summed E-state index contributed by atoms with van der Waals surface area (Å²) >= 11 is 0. The molecule has 1 atom stereocenters. The number of rotatable bonds is 5. The standard InChI is InChI=1S/C16H22N2O3S/c1-3-8-22(19,20)18-11-4-6-15-13(9-11)14-10-12(21-2)5-7-16(14)17-15/h5,7,10-11,17-18H,3-4,6,8-9H2,1-2H3. The number of sulfonamides is 1. The first-order valence-electron chi connectivity index (χ1n) is 7.70. The number of aromatic amines is 1. The third-order valence-electron chi connectivity index (χ3n) is 4.21. The number of aromatic nitrogens is 1. The van der Waals surface area contributed by atoms with E-state index in [0.29, 0.717) is 6.42 Å². The summed E-state index contributed by atoms with van der Waals surface area (Å²) in [4.78, 5) is 3.44. The Morgan fingerprint density at radius 2 is 2.23 bits per heavy atom. The van der Waals surface area contributed by atoms with E-state index in [9.17, 15) is 8.42 Å². The highest BCUT2D eigenvalue weighted by Crippen LogP contribution is 2.31. The molecule has 3 rings (SSSR count). The molecule has 0 saturated carbocycles. The molecule has 1 aliphatic rings. The predicted molar refractivity (Wildman–Crippen MR) is 87.9 cm³/mol. The van der Waals surface area contributed by atoms with E-state index in [4.69, 9.17) is 4.74 Å². The number of fused-ring (bicyclic) bond motifs is 3. The zero-order chi connectivity index (χ0) is 15.7. The first-order valence-corrected chi connectivity index (χ1v) is 9.35. The molecule has 0 bridgehead atoms. The quantitative estimate of drug-likeness (QED) is 0.888. The molecule has 1 aliphatic carbocycles. The van der Waals surface area contributed by atoms with Crippen molar-refractivity contribution in [3.05, 3.63) is 29.5 Å². The van der Waals surface area contributed by atoms with E-state index in [1.807, 2.05) is 25.1 Å². The fourth-order valence-corrected chi connectivity index (χ4v) is 4.57. The minimum absolute atomic E-state index is 0.0192. The molecule has 0 amide bonds. The van der Waals surface area contributed by atoms with E-state index in [1.165, 1.54) is 11.3 Å². The summed E-state index contributed by atoms with van der Waals surface area (Å²) in [5.41, 5.74) is 3.52. The van der Waals surface area contributed by atoms with Crippen LogP contribution >= 0.6 is 0 Å². The van der Waals surface area contributed by atoms with Gasteiger partial charge in [0.2, 0.25) is 10.0 Å². The molecule has 1 aromatic heterocycles. The molecule has 0 spiro atoms. The van der Waals surface area contributed by atoms with Crippen LogP contribution in [0.5, 0.6) is 5.75 Å². The van der Waals surface area contributed by atoms with Crippen molar-refractivity contribution in [2.24, 2.45) is 0 Å². The molecule has 1 aromatic carbocycles. The van der Waals surface area contributed by atoms with Crippen molar-refractivity contribution in [1.82, 2.24) is 9.71 Å². The Kier molecular flexibility index (Phi) is 4.14. The fraction of sp³-hybridized carbons (Fsp3) is 0.500. The van der Waals surface area contributed by atoms with Crippen LogP contribution in [0.3, 0.4) is 0 Å². The summed E-state index contributed by atoms with van der Waals surface area (Å²) < 4.78 is 32.1. The van der Waals surface area contributed by atoms with Gasteiger partial charge in [0, 0.05) is 22.6 Å². The number of nitrogens with one attached hydrogen (secondary N) is 2. The molecular formula is C16H22N2O3S. The third kappa shape index (κ3) is 2.98. The number of hydrogen-bond acceptors (Lipinski definition) is 3. The molecule has 6 heteroatoms. The SMILES string of the molecule is CCCS(=O)(=O)NC1CCc2[nH]c3ccc(OC)cc3c2C1. The van der Waals surface area contributed by atoms with E-state index < -0.39 is 10.0 Å². The molecule has 1 heterocycles. The van der Waals surface area contributed by atoms with Crippen molar-refractivity contribution in [1.29, 1.82) is 0 Å². The van der Waals surface area contributed by atoms with Gasteiger partial charge in [-0.1, -0.05) is 6.92 Å². The Morgan fingerprint density at radius 1 is 1.41 bits per heavy atom. The maximum absolute atomic E-state index is 12.0. The van der Waals surface area contributed by atoms with Gasteiger partial charge in [-0.3, -0.25) is 0 Å². The van der Waals surface area contributed by atoms with Gasteiger partial charge in [0.05, 0.1) is 12.9 Å². The van der Waals surface area contributed by atoms with E-state index >= 15 is 0 Å². The van der Waals surface area contributed by atoms with Crippen molar-refractivity contribution >= 4 is 20.9 Å². The van der Waals surface area contributed by atoms with Crippen LogP contribution in [-0.4, -0.2) is 32.3 Å². The number of aryl methyl sites for hydroxylation is 1. The van der Waals surface area contributed by atoms with E-state index in [-0.39, 0.29) is 11.8 Å². The summed E-state index contributed by atoms with van der Waals surface area (Å²) in [6.45, 7) is 1.88. The number of methoxy groups -OCH3 is 1. The minimum Gasteiger partial charge on any atom is -0.497 e. The Bertz CT molecular complexity index is 780. The van der Waals surface area contributed by atoms with Gasteiger partial charge in [0.15, 0.2) is 0 Å². The molecule has 0 radical (unpaired) electrons. The topological polar surface area (TPSA) is 71.2 Å². The summed E-state index contributed by atoms with van der Waals surface area (Å²) in [6.07, 6.45) is 3.06. The molecule has 1 unspecified atom stereocenters. The average Bonchev–Trinajstić information content (AvgIpc) is 2.83. The molecule has 22 heavy (non-hydrogen) atoms. The summed E-state index contributed by atoms with van der Waals surface area (Å²) in [7, 11) is -1.51. The molecule has 5 nitrogen and oxygen atoms in total. The maximum Gasteiger partial charge on any atom is 0.211 e. The van der Waals surface area contributed by atoms with Gasteiger partial charge in [-0.15, -0.1) is 0 Å². The van der Waals surface area contributed by atoms with Gasteiger partial charge >= 0.3 is 0 Å². The van der Waals surface area contributed by atoms with Crippen LogP contribution in [0.15, 0.2) is 18.2 Å². The van der Waals surface area contributed by atoms with Crippen LogP contribution in [0, 0.1) is 0 Å². The van der Waals surface area contributed by atoms with Crippen molar-refractivity contribution in [3.8, 4) is 5.75 Å². The Hall–Kier alpha value is -1.53. The van der Waals surface area contributed by atoms with Gasteiger partial charge in [-0.2, -0.15) is 0 Å². The number of H-pyrrole nitrogens is 1. The Morgan fingerprint density at radius 3 is 2.95 bits per heavy atom. The molecule has 120 valence electrons. The molecule has 0 fully saturated rings. The maximum atomic E-state index is 12.0. The van der Waals surface area contributed by atoms with Crippen molar-refractivity contribution < 1.29 is 13.2 Å². The molecular weight excluding hydrogens is 300 g/mol. The third-order valence-corrected chi connectivity index (χ3v) is 5.85. The number of ether oxygens (including phenoxy) is 1. The normalized spacial score (nSPS) is 18.4. The summed E-state index contributed by atoms with van der Waals surface area (Å²) in [6, 6.07) is 5.96. The van der Waals surface area contributed by atoms with Gasteiger partial charge in [-0.05, 0) is 49.4 Å². The van der Waals surface area contributed by atoms with Crippen molar-refractivity contribution in [2.75, 3.05) is 12.9 Å². The lowest BCUT2D eigenvalue weighted by atomic mass is 9.92. The monoisotopic (exact) mass is 322 g/mol. The fourth-order valence-electron chi connectivity index (χ4n) is 3.21. The van der Waals surface area contributed by atoms with Crippen LogP contribution in [0.2, 0.25) is 0 Å². The number of hydrogen-bond donors (Lipinski definition) is 2. The highest BCUT2D eigenvalue weighted by Gasteiger charge is 2.25. The smallest absolute Gasteiger partial charge is 0.211 e. The minimum atomic E-state index is -3.17. The van der Waals surface area contributed by atoms with Gasteiger partial charge in [0.25, 0.3) is 0 Å². The average molecular weight is 322 g/mol. The largest absolute Gasteiger partial charge is 0.497 e. The first-order chi connectivity index (χ1) is 10.5. The Balaban J connectivity index is 1.88.